The first-order valence-corrected chi connectivity index (χ1v) is 7.24. The van der Waals surface area contributed by atoms with Crippen LogP contribution in [-0.2, 0) is 13.0 Å². The van der Waals surface area contributed by atoms with E-state index in [0.717, 1.165) is 24.7 Å². The zero-order valence-electron chi connectivity index (χ0n) is 11.9. The lowest BCUT2D eigenvalue weighted by Crippen LogP contribution is -2.38. The molecule has 0 amide bonds. The van der Waals surface area contributed by atoms with Gasteiger partial charge < -0.3 is 4.52 Å². The number of piperidine rings is 1. The van der Waals surface area contributed by atoms with Crippen LogP contribution in [0.15, 0.2) is 4.52 Å². The summed E-state index contributed by atoms with van der Waals surface area (Å²) in [4.78, 5) is 6.99. The highest BCUT2D eigenvalue weighted by atomic mass is 16.5. The number of likely N-dealkylation sites (tertiary alicyclic amines) is 1. The van der Waals surface area contributed by atoms with E-state index < -0.39 is 0 Å². The minimum Gasteiger partial charge on any atom is -0.338 e. The van der Waals surface area contributed by atoms with Gasteiger partial charge in [0.1, 0.15) is 0 Å². The lowest BCUT2D eigenvalue weighted by atomic mass is 10.0. The summed E-state index contributed by atoms with van der Waals surface area (Å²) in [6.07, 6.45) is 6.08. The average molecular weight is 251 g/mol. The molecule has 1 fully saturated rings. The molecule has 1 aromatic heterocycles. The van der Waals surface area contributed by atoms with Gasteiger partial charge in [0, 0.05) is 12.5 Å². The maximum absolute atomic E-state index is 5.36. The quantitative estimate of drug-likeness (QED) is 0.806. The second-order valence-corrected chi connectivity index (χ2v) is 5.73. The molecule has 0 spiro atoms. The molecule has 0 aromatic carbocycles. The summed E-state index contributed by atoms with van der Waals surface area (Å²) in [5.74, 6) is 2.21. The molecule has 1 aliphatic rings. The molecule has 2 heterocycles. The van der Waals surface area contributed by atoms with Gasteiger partial charge in [-0.3, -0.25) is 4.90 Å². The Morgan fingerprint density at radius 2 is 2.22 bits per heavy atom. The highest BCUT2D eigenvalue weighted by Gasteiger charge is 2.22. The van der Waals surface area contributed by atoms with Crippen molar-refractivity contribution in [2.45, 2.75) is 65.5 Å². The zero-order valence-corrected chi connectivity index (χ0v) is 11.9. The Morgan fingerprint density at radius 3 is 2.94 bits per heavy atom. The molecule has 2 rings (SSSR count). The van der Waals surface area contributed by atoms with E-state index >= 15 is 0 Å². The maximum Gasteiger partial charge on any atom is 0.240 e. The average Bonchev–Trinajstić information content (AvgIpc) is 2.76. The Balaban J connectivity index is 1.93. The van der Waals surface area contributed by atoms with Crippen LogP contribution in [-0.4, -0.2) is 27.6 Å². The van der Waals surface area contributed by atoms with Gasteiger partial charge in [-0.25, -0.2) is 0 Å². The van der Waals surface area contributed by atoms with Crippen molar-refractivity contribution >= 4 is 0 Å². The highest BCUT2D eigenvalue weighted by molar-refractivity contribution is 4.89. The largest absolute Gasteiger partial charge is 0.338 e. The lowest BCUT2D eigenvalue weighted by Gasteiger charge is -2.33. The van der Waals surface area contributed by atoms with Gasteiger partial charge >= 0.3 is 0 Å². The molecule has 1 aromatic rings. The van der Waals surface area contributed by atoms with Gasteiger partial charge in [-0.05, 0) is 31.7 Å². The van der Waals surface area contributed by atoms with Crippen molar-refractivity contribution in [1.82, 2.24) is 15.0 Å². The van der Waals surface area contributed by atoms with Crippen molar-refractivity contribution in [3.05, 3.63) is 11.7 Å². The summed E-state index contributed by atoms with van der Waals surface area (Å²) >= 11 is 0. The molecule has 0 N–H and O–H groups in total. The fourth-order valence-electron chi connectivity index (χ4n) is 2.71. The Morgan fingerprint density at radius 1 is 1.39 bits per heavy atom. The fraction of sp³-hybridized carbons (Fsp3) is 0.857. The fourth-order valence-corrected chi connectivity index (χ4v) is 2.71. The Hall–Kier alpha value is -0.900. The third-order valence-corrected chi connectivity index (χ3v) is 3.66. The van der Waals surface area contributed by atoms with E-state index in [0.29, 0.717) is 12.0 Å². The number of rotatable bonds is 5. The normalized spacial score (nSPS) is 21.7. The first-order valence-electron chi connectivity index (χ1n) is 7.24. The molecular weight excluding hydrogens is 226 g/mol. The zero-order chi connectivity index (χ0) is 13.0. The molecule has 0 radical (unpaired) electrons. The Labute approximate surface area is 110 Å². The van der Waals surface area contributed by atoms with Crippen LogP contribution >= 0.6 is 0 Å². The smallest absolute Gasteiger partial charge is 0.240 e. The maximum atomic E-state index is 5.36. The van der Waals surface area contributed by atoms with Crippen molar-refractivity contribution in [3.63, 3.8) is 0 Å². The van der Waals surface area contributed by atoms with E-state index in [2.05, 4.69) is 35.8 Å². The molecule has 1 saturated heterocycles. The number of hydrogen-bond acceptors (Lipinski definition) is 4. The molecule has 4 heteroatoms. The third-order valence-electron chi connectivity index (χ3n) is 3.66. The van der Waals surface area contributed by atoms with Crippen LogP contribution in [0.3, 0.4) is 0 Å². The minimum atomic E-state index is 0.578. The Bertz CT molecular complexity index is 362. The first kappa shape index (κ1) is 13.5. The van der Waals surface area contributed by atoms with E-state index in [9.17, 15) is 0 Å². The minimum absolute atomic E-state index is 0.578. The SMILES string of the molecule is CCC1CCCCN1Cc1nc(CC(C)C)no1. The van der Waals surface area contributed by atoms with Gasteiger partial charge in [0.25, 0.3) is 0 Å². The summed E-state index contributed by atoms with van der Waals surface area (Å²) in [6.45, 7) is 8.60. The van der Waals surface area contributed by atoms with Crippen LogP contribution in [0.25, 0.3) is 0 Å². The molecule has 0 bridgehead atoms. The van der Waals surface area contributed by atoms with Crippen LogP contribution in [0.5, 0.6) is 0 Å². The molecule has 4 nitrogen and oxygen atoms in total. The first-order chi connectivity index (χ1) is 8.69. The van der Waals surface area contributed by atoms with Crippen molar-refractivity contribution in [2.24, 2.45) is 5.92 Å². The molecule has 1 aliphatic heterocycles. The lowest BCUT2D eigenvalue weighted by molar-refractivity contribution is 0.120. The van der Waals surface area contributed by atoms with E-state index in [1.807, 2.05) is 0 Å². The predicted octanol–water partition coefficient (Wildman–Crippen LogP) is 3.03. The standard InChI is InChI=1S/C14H25N3O/c1-4-12-7-5-6-8-17(12)10-14-15-13(16-18-14)9-11(2)3/h11-12H,4-10H2,1-3H3. The molecular formula is C14H25N3O. The van der Waals surface area contributed by atoms with Crippen molar-refractivity contribution in [3.8, 4) is 0 Å². The second kappa shape index (κ2) is 6.32. The summed E-state index contributed by atoms with van der Waals surface area (Å²) in [6, 6.07) is 0.694. The monoisotopic (exact) mass is 251 g/mol. The summed E-state index contributed by atoms with van der Waals surface area (Å²) in [5, 5.41) is 4.06. The third kappa shape index (κ3) is 3.55. The van der Waals surface area contributed by atoms with Crippen molar-refractivity contribution in [2.75, 3.05) is 6.54 Å². The van der Waals surface area contributed by atoms with Crippen LogP contribution < -0.4 is 0 Å². The van der Waals surface area contributed by atoms with E-state index in [1.165, 1.54) is 32.2 Å². The predicted molar refractivity (Wildman–Crippen MR) is 71.2 cm³/mol. The highest BCUT2D eigenvalue weighted by Crippen LogP contribution is 2.21. The van der Waals surface area contributed by atoms with E-state index in [4.69, 9.17) is 4.52 Å². The summed E-state index contributed by atoms with van der Waals surface area (Å²) in [7, 11) is 0. The van der Waals surface area contributed by atoms with Crippen LogP contribution in [0.1, 0.15) is 58.2 Å². The molecule has 18 heavy (non-hydrogen) atoms. The molecule has 102 valence electrons. The molecule has 1 unspecified atom stereocenters. The van der Waals surface area contributed by atoms with Gasteiger partial charge in [0.05, 0.1) is 6.54 Å². The van der Waals surface area contributed by atoms with Crippen LogP contribution in [0, 0.1) is 5.92 Å². The van der Waals surface area contributed by atoms with Gasteiger partial charge in [-0.2, -0.15) is 4.98 Å². The summed E-state index contributed by atoms with van der Waals surface area (Å²) in [5.41, 5.74) is 0. The number of aromatic nitrogens is 2. The van der Waals surface area contributed by atoms with E-state index in [1.54, 1.807) is 0 Å². The molecule has 0 aliphatic carbocycles. The van der Waals surface area contributed by atoms with Gasteiger partial charge in [0.2, 0.25) is 5.89 Å². The second-order valence-electron chi connectivity index (χ2n) is 5.73. The molecule has 1 atom stereocenters. The van der Waals surface area contributed by atoms with Crippen LogP contribution in [0.4, 0.5) is 0 Å². The van der Waals surface area contributed by atoms with Gasteiger partial charge in [0.15, 0.2) is 5.82 Å². The van der Waals surface area contributed by atoms with Crippen molar-refractivity contribution < 1.29 is 4.52 Å². The molecule has 0 saturated carbocycles. The van der Waals surface area contributed by atoms with Crippen molar-refractivity contribution in [1.29, 1.82) is 0 Å². The van der Waals surface area contributed by atoms with Crippen LogP contribution in [0.2, 0.25) is 0 Å². The number of nitrogens with zero attached hydrogens (tertiary/aromatic N) is 3. The Kier molecular flexibility index (Phi) is 4.75. The van der Waals surface area contributed by atoms with Gasteiger partial charge in [-0.1, -0.05) is 32.3 Å². The number of hydrogen-bond donors (Lipinski definition) is 0. The topological polar surface area (TPSA) is 42.2 Å². The van der Waals surface area contributed by atoms with Gasteiger partial charge in [-0.15, -0.1) is 0 Å². The summed E-state index contributed by atoms with van der Waals surface area (Å²) < 4.78 is 5.36. The van der Waals surface area contributed by atoms with E-state index in [-0.39, 0.29) is 0 Å².